The number of rotatable bonds is 6. The molecule has 5 nitrogen and oxygen atoms in total. The lowest BCUT2D eigenvalue weighted by Crippen LogP contribution is -2.44. The highest BCUT2D eigenvalue weighted by molar-refractivity contribution is 7.89. The predicted molar refractivity (Wildman–Crippen MR) is 78.1 cm³/mol. The number of hydrogen-bond donors (Lipinski definition) is 2. The molecule has 0 aromatic heterocycles. The van der Waals surface area contributed by atoms with E-state index in [-0.39, 0.29) is 29.1 Å². The molecule has 118 valence electrons. The van der Waals surface area contributed by atoms with E-state index in [0.717, 1.165) is 31.7 Å². The van der Waals surface area contributed by atoms with Crippen LogP contribution in [0.25, 0.3) is 0 Å². The van der Waals surface area contributed by atoms with Crippen molar-refractivity contribution in [2.45, 2.75) is 36.6 Å². The third-order valence-electron chi connectivity index (χ3n) is 3.96. The second-order valence-corrected chi connectivity index (χ2v) is 7.02. The van der Waals surface area contributed by atoms with Crippen LogP contribution in [0.1, 0.15) is 25.7 Å². The molecule has 1 fully saturated rings. The van der Waals surface area contributed by atoms with Crippen LogP contribution in [0.5, 0.6) is 5.75 Å². The van der Waals surface area contributed by atoms with Crippen LogP contribution in [0, 0.1) is 11.7 Å². The van der Waals surface area contributed by atoms with Crippen LogP contribution in [0.4, 0.5) is 4.39 Å². The van der Waals surface area contributed by atoms with Gasteiger partial charge in [-0.2, -0.15) is 0 Å². The van der Waals surface area contributed by atoms with E-state index >= 15 is 0 Å². The van der Waals surface area contributed by atoms with Crippen LogP contribution in [0.2, 0.25) is 0 Å². The molecule has 0 bridgehead atoms. The molecule has 0 saturated heterocycles. The van der Waals surface area contributed by atoms with E-state index in [9.17, 15) is 12.8 Å². The molecule has 0 radical (unpaired) electrons. The van der Waals surface area contributed by atoms with Crippen molar-refractivity contribution in [1.29, 1.82) is 0 Å². The summed E-state index contributed by atoms with van der Waals surface area (Å²) in [5.41, 5.74) is 5.71. The molecule has 1 aromatic carbocycles. The maximum absolute atomic E-state index is 13.4. The minimum Gasteiger partial charge on any atom is -0.494 e. The Balaban J connectivity index is 2.20. The fourth-order valence-electron chi connectivity index (χ4n) is 2.77. The number of methoxy groups -OCH3 is 1. The molecule has 21 heavy (non-hydrogen) atoms. The Kier molecular flexibility index (Phi) is 5.18. The highest BCUT2D eigenvalue weighted by atomic mass is 32.2. The topological polar surface area (TPSA) is 81.4 Å². The molecule has 2 rings (SSSR count). The van der Waals surface area contributed by atoms with Crippen molar-refractivity contribution in [2.24, 2.45) is 11.7 Å². The van der Waals surface area contributed by atoms with Gasteiger partial charge in [-0.15, -0.1) is 0 Å². The Hall–Kier alpha value is -1.18. The second-order valence-electron chi connectivity index (χ2n) is 5.30. The zero-order valence-corrected chi connectivity index (χ0v) is 12.8. The van der Waals surface area contributed by atoms with Crippen LogP contribution in [-0.4, -0.2) is 28.1 Å². The smallest absolute Gasteiger partial charge is 0.241 e. The summed E-state index contributed by atoms with van der Waals surface area (Å²) in [5.74, 6) is -0.419. The predicted octanol–water partition coefficient (Wildman–Crippen LogP) is 1.63. The Morgan fingerprint density at radius 2 is 2.10 bits per heavy atom. The number of sulfonamides is 1. The van der Waals surface area contributed by atoms with Crippen molar-refractivity contribution in [3.05, 3.63) is 24.0 Å². The summed E-state index contributed by atoms with van der Waals surface area (Å²) in [6, 6.07) is 3.21. The average molecular weight is 316 g/mol. The first-order valence-corrected chi connectivity index (χ1v) is 8.52. The molecule has 7 heteroatoms. The molecule has 1 aromatic rings. The molecule has 1 atom stereocenters. The third kappa shape index (κ3) is 3.72. The summed E-state index contributed by atoms with van der Waals surface area (Å²) in [4.78, 5) is -0.0165. The summed E-state index contributed by atoms with van der Waals surface area (Å²) in [6.07, 6.45) is 4.18. The van der Waals surface area contributed by atoms with Crippen LogP contribution in [0.15, 0.2) is 23.1 Å². The van der Waals surface area contributed by atoms with Crippen molar-refractivity contribution < 1.29 is 17.5 Å². The Labute approximate surface area is 124 Å². The van der Waals surface area contributed by atoms with Crippen molar-refractivity contribution >= 4 is 10.0 Å². The molecule has 0 amide bonds. The van der Waals surface area contributed by atoms with Gasteiger partial charge in [-0.3, -0.25) is 0 Å². The molecule has 1 aliphatic carbocycles. The molecule has 1 saturated carbocycles. The van der Waals surface area contributed by atoms with Gasteiger partial charge in [0.15, 0.2) is 11.6 Å². The van der Waals surface area contributed by atoms with Gasteiger partial charge in [-0.1, -0.05) is 12.8 Å². The third-order valence-corrected chi connectivity index (χ3v) is 5.45. The van der Waals surface area contributed by atoms with Gasteiger partial charge in [0, 0.05) is 18.7 Å². The van der Waals surface area contributed by atoms with E-state index in [4.69, 9.17) is 10.5 Å². The molecule has 1 aliphatic rings. The van der Waals surface area contributed by atoms with E-state index in [1.54, 1.807) is 0 Å². The monoisotopic (exact) mass is 316 g/mol. The van der Waals surface area contributed by atoms with Crippen LogP contribution < -0.4 is 15.2 Å². The highest BCUT2D eigenvalue weighted by Gasteiger charge is 2.28. The lowest BCUT2D eigenvalue weighted by molar-refractivity contribution is 0.384. The van der Waals surface area contributed by atoms with Gasteiger partial charge in [-0.05, 0) is 30.9 Å². The van der Waals surface area contributed by atoms with Crippen LogP contribution in [0.3, 0.4) is 0 Å². The second kappa shape index (κ2) is 6.72. The summed E-state index contributed by atoms with van der Waals surface area (Å²) in [6.45, 7) is 0.252. The number of nitrogens with one attached hydrogen (secondary N) is 1. The lowest BCUT2D eigenvalue weighted by atomic mass is 9.99. The fourth-order valence-corrected chi connectivity index (χ4v) is 4.10. The van der Waals surface area contributed by atoms with Gasteiger partial charge in [-0.25, -0.2) is 17.5 Å². The van der Waals surface area contributed by atoms with Gasteiger partial charge in [0.1, 0.15) is 0 Å². The zero-order chi connectivity index (χ0) is 15.5. The number of benzene rings is 1. The van der Waals surface area contributed by atoms with Gasteiger partial charge in [0.05, 0.1) is 12.0 Å². The van der Waals surface area contributed by atoms with Gasteiger partial charge in [0.25, 0.3) is 0 Å². The summed E-state index contributed by atoms with van der Waals surface area (Å²) >= 11 is 0. The summed E-state index contributed by atoms with van der Waals surface area (Å²) < 4.78 is 45.6. The Morgan fingerprint density at radius 3 is 2.67 bits per heavy atom. The van der Waals surface area contributed by atoms with Crippen molar-refractivity contribution in [2.75, 3.05) is 13.7 Å². The lowest BCUT2D eigenvalue weighted by Gasteiger charge is -2.23. The number of hydrogen-bond acceptors (Lipinski definition) is 4. The molecule has 3 N–H and O–H groups in total. The summed E-state index contributed by atoms with van der Waals surface area (Å²) in [7, 11) is -2.44. The number of halogens is 1. The minimum absolute atomic E-state index is 0.0165. The molecule has 0 aliphatic heterocycles. The fraction of sp³-hybridized carbons (Fsp3) is 0.571. The molecular formula is C14H21FN2O3S. The average Bonchev–Trinajstić information content (AvgIpc) is 2.99. The van der Waals surface area contributed by atoms with Gasteiger partial charge in [0.2, 0.25) is 10.0 Å². The largest absolute Gasteiger partial charge is 0.494 e. The van der Waals surface area contributed by atoms with Crippen molar-refractivity contribution in [3.8, 4) is 5.75 Å². The molecule has 0 spiro atoms. The highest BCUT2D eigenvalue weighted by Crippen LogP contribution is 2.28. The quantitative estimate of drug-likeness (QED) is 0.836. The zero-order valence-electron chi connectivity index (χ0n) is 12.0. The first-order chi connectivity index (χ1) is 9.97. The van der Waals surface area contributed by atoms with E-state index in [1.165, 1.54) is 19.2 Å². The minimum atomic E-state index is -3.74. The Morgan fingerprint density at radius 1 is 1.43 bits per heavy atom. The molecular weight excluding hydrogens is 295 g/mol. The maximum Gasteiger partial charge on any atom is 0.241 e. The van der Waals surface area contributed by atoms with Crippen molar-refractivity contribution in [1.82, 2.24) is 4.72 Å². The Bertz CT molecular complexity index is 586. The standard InChI is InChI=1S/C14H21FN2O3S/c1-20-14-8-11(6-7-12(14)15)21(18,19)17-13(9-16)10-4-2-3-5-10/h6-8,10,13,17H,2-5,9,16H2,1H3. The van der Waals surface area contributed by atoms with Gasteiger partial charge >= 0.3 is 0 Å². The normalized spacial score (nSPS) is 17.9. The first kappa shape index (κ1) is 16.2. The SMILES string of the molecule is COc1cc(S(=O)(=O)NC(CN)C2CCCC2)ccc1F. The van der Waals surface area contributed by atoms with E-state index in [2.05, 4.69) is 4.72 Å². The van der Waals surface area contributed by atoms with Gasteiger partial charge < -0.3 is 10.5 Å². The number of nitrogens with two attached hydrogens (primary N) is 1. The van der Waals surface area contributed by atoms with E-state index in [0.29, 0.717) is 0 Å². The van der Waals surface area contributed by atoms with E-state index in [1.807, 2.05) is 0 Å². The summed E-state index contributed by atoms with van der Waals surface area (Å²) in [5, 5.41) is 0. The van der Waals surface area contributed by atoms with Crippen molar-refractivity contribution in [3.63, 3.8) is 0 Å². The first-order valence-electron chi connectivity index (χ1n) is 7.04. The molecule has 1 unspecified atom stereocenters. The molecule has 0 heterocycles. The van der Waals surface area contributed by atoms with E-state index < -0.39 is 15.8 Å². The number of ether oxygens (including phenoxy) is 1. The maximum atomic E-state index is 13.4. The van der Waals surface area contributed by atoms with Crippen LogP contribution in [-0.2, 0) is 10.0 Å². The van der Waals surface area contributed by atoms with Crippen LogP contribution >= 0.6 is 0 Å².